The van der Waals surface area contributed by atoms with E-state index in [1.807, 2.05) is 24.3 Å². The van der Waals surface area contributed by atoms with Crippen LogP contribution in [0, 0.1) is 0 Å². The van der Waals surface area contributed by atoms with Crippen LogP contribution in [0.25, 0.3) is 5.69 Å². The monoisotopic (exact) mass is 471 g/mol. The van der Waals surface area contributed by atoms with E-state index in [1.54, 1.807) is 0 Å². The minimum absolute atomic E-state index is 0.158. The smallest absolute Gasteiger partial charge is 0.352 e. The van der Waals surface area contributed by atoms with Gasteiger partial charge < -0.3 is 5.32 Å². The number of benzene rings is 2. The van der Waals surface area contributed by atoms with Crippen LogP contribution in [0.4, 0.5) is 13.2 Å². The lowest BCUT2D eigenvalue weighted by molar-refractivity contribution is -0.143. The average Bonchev–Trinajstić information content (AvgIpc) is 3.09. The highest BCUT2D eigenvalue weighted by Crippen LogP contribution is 2.33. The summed E-state index contributed by atoms with van der Waals surface area (Å²) >= 11 is 9.11. The fourth-order valence-electron chi connectivity index (χ4n) is 2.63. The van der Waals surface area contributed by atoms with Gasteiger partial charge in [0.15, 0.2) is 5.69 Å². The lowest BCUT2D eigenvalue weighted by Crippen LogP contribution is -2.28. The molecule has 1 heterocycles. The zero-order valence-corrected chi connectivity index (χ0v) is 16.6. The highest BCUT2D eigenvalue weighted by molar-refractivity contribution is 9.10. The van der Waals surface area contributed by atoms with Gasteiger partial charge in [-0.1, -0.05) is 39.7 Å². The minimum atomic E-state index is -4.76. The first kappa shape index (κ1) is 20.4. The van der Waals surface area contributed by atoms with E-state index >= 15 is 0 Å². The van der Waals surface area contributed by atoms with Crippen molar-refractivity contribution in [2.45, 2.75) is 12.6 Å². The number of aromatic nitrogens is 2. The average molecular weight is 473 g/mol. The summed E-state index contributed by atoms with van der Waals surface area (Å²) in [4.78, 5) is 12.4. The van der Waals surface area contributed by atoms with E-state index in [4.69, 9.17) is 11.6 Å². The maximum absolute atomic E-state index is 13.6. The lowest BCUT2D eigenvalue weighted by Gasteiger charge is -2.13. The van der Waals surface area contributed by atoms with Crippen LogP contribution in [0.1, 0.15) is 21.6 Å². The van der Waals surface area contributed by atoms with Gasteiger partial charge >= 0.3 is 6.18 Å². The molecule has 0 bridgehead atoms. The van der Waals surface area contributed by atoms with Crippen molar-refractivity contribution in [3.8, 4) is 5.69 Å². The molecule has 0 spiro atoms. The molecule has 4 nitrogen and oxygen atoms in total. The number of hydrogen-bond donors (Lipinski definition) is 1. The van der Waals surface area contributed by atoms with Crippen LogP contribution in [0.15, 0.2) is 59.2 Å². The van der Waals surface area contributed by atoms with Crippen molar-refractivity contribution in [1.29, 1.82) is 0 Å². The van der Waals surface area contributed by atoms with Gasteiger partial charge in [0.1, 0.15) is 0 Å². The Hall–Kier alpha value is -2.32. The Morgan fingerprint density at radius 3 is 2.36 bits per heavy atom. The number of carbonyl (C=O) groups excluding carboxylic acids is 1. The van der Waals surface area contributed by atoms with Gasteiger partial charge in [-0.25, -0.2) is 4.68 Å². The highest BCUT2D eigenvalue weighted by atomic mass is 79.9. The van der Waals surface area contributed by atoms with Crippen molar-refractivity contribution in [2.24, 2.45) is 0 Å². The molecule has 2 aromatic carbocycles. The number of halogens is 5. The van der Waals surface area contributed by atoms with Gasteiger partial charge in [-0.3, -0.25) is 4.79 Å². The zero-order valence-electron chi connectivity index (χ0n) is 14.3. The zero-order chi connectivity index (χ0) is 20.3. The number of alkyl halides is 3. The van der Waals surface area contributed by atoms with E-state index in [1.165, 1.54) is 24.3 Å². The highest BCUT2D eigenvalue weighted by Gasteiger charge is 2.40. The van der Waals surface area contributed by atoms with Crippen LogP contribution in [0.5, 0.6) is 0 Å². The summed E-state index contributed by atoms with van der Waals surface area (Å²) in [7, 11) is 0. The van der Waals surface area contributed by atoms with E-state index in [0.29, 0.717) is 16.1 Å². The molecule has 0 saturated heterocycles. The second-order valence-electron chi connectivity index (χ2n) is 5.93. The summed E-state index contributed by atoms with van der Waals surface area (Å²) in [6.45, 7) is 0.198. The molecule has 0 fully saturated rings. The van der Waals surface area contributed by atoms with Crippen molar-refractivity contribution in [3.63, 3.8) is 0 Å². The molecular formula is C19H14BrClF3N3O. The number of carbonyl (C=O) groups is 1. The Bertz CT molecular complexity index is 970. The third-order valence-electron chi connectivity index (χ3n) is 3.97. The Morgan fingerprint density at radius 2 is 1.75 bits per heavy atom. The number of amides is 1. The number of hydrogen-bond acceptors (Lipinski definition) is 2. The molecule has 28 heavy (non-hydrogen) atoms. The number of nitrogens with zero attached hydrogens (tertiary/aromatic N) is 2. The third-order valence-corrected chi connectivity index (χ3v) is 4.75. The molecule has 3 rings (SSSR count). The number of nitrogens with one attached hydrogen (secondary N) is 1. The van der Waals surface area contributed by atoms with Crippen LogP contribution in [0.2, 0.25) is 5.02 Å². The first-order chi connectivity index (χ1) is 13.3. The molecular weight excluding hydrogens is 459 g/mol. The van der Waals surface area contributed by atoms with Crippen molar-refractivity contribution < 1.29 is 18.0 Å². The molecule has 0 aliphatic heterocycles. The van der Waals surface area contributed by atoms with E-state index in [2.05, 4.69) is 26.3 Å². The largest absolute Gasteiger partial charge is 0.434 e. The summed E-state index contributed by atoms with van der Waals surface area (Å²) < 4.78 is 42.5. The summed E-state index contributed by atoms with van der Waals surface area (Å²) in [5, 5.41) is 6.68. The van der Waals surface area contributed by atoms with Gasteiger partial charge in [-0.05, 0) is 48.4 Å². The van der Waals surface area contributed by atoms with Gasteiger partial charge in [0.25, 0.3) is 5.91 Å². The van der Waals surface area contributed by atoms with Crippen LogP contribution in [0.3, 0.4) is 0 Å². The third kappa shape index (κ3) is 4.74. The van der Waals surface area contributed by atoms with Gasteiger partial charge in [0.05, 0.1) is 17.4 Å². The Morgan fingerprint density at radius 1 is 1.11 bits per heavy atom. The van der Waals surface area contributed by atoms with Crippen LogP contribution in [-0.4, -0.2) is 22.2 Å². The van der Waals surface area contributed by atoms with Gasteiger partial charge in [-0.15, -0.1) is 0 Å². The first-order valence-corrected chi connectivity index (χ1v) is 9.36. The molecule has 0 saturated carbocycles. The van der Waals surface area contributed by atoms with E-state index in [-0.39, 0.29) is 12.2 Å². The van der Waals surface area contributed by atoms with Crippen LogP contribution < -0.4 is 5.32 Å². The quantitative estimate of drug-likeness (QED) is 0.549. The van der Waals surface area contributed by atoms with Gasteiger partial charge in [0, 0.05) is 16.0 Å². The molecule has 0 atom stereocenters. The summed E-state index contributed by atoms with van der Waals surface area (Å²) in [5.74, 6) is -0.829. The maximum atomic E-state index is 13.6. The summed E-state index contributed by atoms with van der Waals surface area (Å²) in [6, 6.07) is 13.2. The Kier molecular flexibility index (Phi) is 6.10. The fourth-order valence-corrected chi connectivity index (χ4v) is 3.02. The SMILES string of the molecule is O=C(NCCc1ccc(Br)cc1)c1cnn(-c2ccc(Cl)cc2)c1C(F)(F)F. The second kappa shape index (κ2) is 8.36. The minimum Gasteiger partial charge on any atom is -0.352 e. The van der Waals surface area contributed by atoms with E-state index in [9.17, 15) is 18.0 Å². The standard InChI is InChI=1S/C19H14BrClF3N3O/c20-13-3-1-12(2-4-13)9-10-25-18(28)16-11-26-27(17(16)19(22,23)24)15-7-5-14(21)6-8-15/h1-8,11H,9-10H2,(H,25,28). The molecule has 9 heteroatoms. The molecule has 0 aliphatic carbocycles. The number of rotatable bonds is 5. The van der Waals surface area contributed by atoms with Crippen LogP contribution in [-0.2, 0) is 12.6 Å². The Balaban J connectivity index is 1.79. The maximum Gasteiger partial charge on any atom is 0.434 e. The van der Waals surface area contributed by atoms with Crippen LogP contribution >= 0.6 is 27.5 Å². The summed E-state index contributed by atoms with van der Waals surface area (Å²) in [6.07, 6.45) is -3.34. The molecule has 146 valence electrons. The summed E-state index contributed by atoms with van der Waals surface area (Å²) in [5.41, 5.74) is -0.545. The molecule has 3 aromatic rings. The van der Waals surface area contributed by atoms with Gasteiger partial charge in [-0.2, -0.15) is 18.3 Å². The van der Waals surface area contributed by atoms with E-state index in [0.717, 1.165) is 16.2 Å². The normalized spacial score (nSPS) is 11.5. The topological polar surface area (TPSA) is 46.9 Å². The fraction of sp³-hybridized carbons (Fsp3) is 0.158. The lowest BCUT2D eigenvalue weighted by atomic mass is 10.1. The molecule has 1 N–H and O–H groups in total. The van der Waals surface area contributed by atoms with Crippen molar-refractivity contribution in [2.75, 3.05) is 6.54 Å². The first-order valence-electron chi connectivity index (χ1n) is 8.19. The predicted octanol–water partition coefficient (Wildman–Crippen LogP) is 5.28. The molecule has 0 radical (unpaired) electrons. The molecule has 1 aromatic heterocycles. The Labute approximate surface area is 172 Å². The molecule has 0 aliphatic rings. The predicted molar refractivity (Wildman–Crippen MR) is 104 cm³/mol. The molecule has 1 amide bonds. The van der Waals surface area contributed by atoms with Crippen molar-refractivity contribution in [1.82, 2.24) is 15.1 Å². The van der Waals surface area contributed by atoms with Crippen molar-refractivity contribution >= 4 is 33.4 Å². The van der Waals surface area contributed by atoms with Gasteiger partial charge in [0.2, 0.25) is 0 Å². The van der Waals surface area contributed by atoms with E-state index < -0.39 is 23.3 Å². The second-order valence-corrected chi connectivity index (χ2v) is 7.28. The van der Waals surface area contributed by atoms with Crippen molar-refractivity contribution in [3.05, 3.63) is 81.0 Å². The molecule has 0 unspecified atom stereocenters.